The number of fused-ring (bicyclic) bond motifs is 1. The standard InChI is InChI=1S/C26H29FN4O5S/c1-17-14-31(18(2)16-32)26(33)23-12-20(19-8-10-28-11-9-19)13-29-25(23)36-24(17)15-30(3)37(34,35)22-6-4-21(27)5-7-22/h4-13,17-18,24,32H,14-16H2,1-3H3/t17-,18-,24-/m0/s1. The minimum Gasteiger partial charge on any atom is -0.472 e. The minimum atomic E-state index is -3.93. The van der Waals surface area contributed by atoms with Gasteiger partial charge < -0.3 is 14.7 Å². The molecule has 3 heterocycles. The number of ether oxygens (including phenoxy) is 1. The maximum absolute atomic E-state index is 13.6. The van der Waals surface area contributed by atoms with E-state index in [1.165, 1.54) is 19.2 Å². The Labute approximate surface area is 215 Å². The van der Waals surface area contributed by atoms with E-state index in [2.05, 4.69) is 9.97 Å². The Morgan fingerprint density at radius 3 is 2.51 bits per heavy atom. The summed E-state index contributed by atoms with van der Waals surface area (Å²) in [4.78, 5) is 23.5. The molecular formula is C26H29FN4O5S. The van der Waals surface area contributed by atoms with Gasteiger partial charge in [0, 0.05) is 43.7 Å². The van der Waals surface area contributed by atoms with E-state index in [4.69, 9.17) is 4.74 Å². The molecule has 0 saturated heterocycles. The highest BCUT2D eigenvalue weighted by molar-refractivity contribution is 7.89. The van der Waals surface area contributed by atoms with Gasteiger partial charge in [0.15, 0.2) is 0 Å². The van der Waals surface area contributed by atoms with E-state index < -0.39 is 28.0 Å². The fraction of sp³-hybridized carbons (Fsp3) is 0.346. The van der Waals surface area contributed by atoms with Gasteiger partial charge in [0.25, 0.3) is 5.91 Å². The van der Waals surface area contributed by atoms with Gasteiger partial charge in [-0.25, -0.2) is 17.8 Å². The van der Waals surface area contributed by atoms with E-state index in [9.17, 15) is 22.7 Å². The summed E-state index contributed by atoms with van der Waals surface area (Å²) in [5, 5.41) is 9.84. The largest absolute Gasteiger partial charge is 0.472 e. The predicted octanol–water partition coefficient (Wildman–Crippen LogP) is 2.82. The van der Waals surface area contributed by atoms with E-state index in [0.717, 1.165) is 22.0 Å². The van der Waals surface area contributed by atoms with Crippen molar-refractivity contribution >= 4 is 15.9 Å². The second-order valence-electron chi connectivity index (χ2n) is 9.17. The van der Waals surface area contributed by atoms with E-state index in [1.54, 1.807) is 48.6 Å². The second-order valence-corrected chi connectivity index (χ2v) is 11.2. The number of likely N-dealkylation sites (N-methyl/N-ethyl adjacent to an activating group) is 1. The van der Waals surface area contributed by atoms with Crippen molar-refractivity contribution in [1.29, 1.82) is 0 Å². The maximum atomic E-state index is 13.6. The van der Waals surface area contributed by atoms with Gasteiger partial charge in [0.2, 0.25) is 15.9 Å². The number of amides is 1. The smallest absolute Gasteiger partial charge is 0.259 e. The van der Waals surface area contributed by atoms with Crippen molar-refractivity contribution in [2.75, 3.05) is 26.7 Å². The summed E-state index contributed by atoms with van der Waals surface area (Å²) in [6.45, 7) is 3.55. The first-order chi connectivity index (χ1) is 17.6. The molecule has 196 valence electrons. The molecule has 9 nitrogen and oxygen atoms in total. The molecule has 1 aliphatic heterocycles. The molecule has 11 heteroatoms. The number of nitrogens with zero attached hydrogens (tertiary/aromatic N) is 4. The van der Waals surface area contributed by atoms with Crippen molar-refractivity contribution in [2.45, 2.75) is 30.9 Å². The van der Waals surface area contributed by atoms with Crippen molar-refractivity contribution in [3.8, 4) is 17.0 Å². The highest BCUT2D eigenvalue weighted by Gasteiger charge is 2.36. The molecule has 0 fully saturated rings. The van der Waals surface area contributed by atoms with E-state index in [-0.39, 0.29) is 47.9 Å². The van der Waals surface area contributed by atoms with Crippen LogP contribution in [0.15, 0.2) is 66.0 Å². The number of benzene rings is 1. The van der Waals surface area contributed by atoms with Gasteiger partial charge in [0.05, 0.1) is 24.1 Å². The maximum Gasteiger partial charge on any atom is 0.259 e. The lowest BCUT2D eigenvalue weighted by atomic mass is 9.99. The SMILES string of the molecule is C[C@H]1CN([C@@H](C)CO)C(=O)c2cc(-c3ccncc3)cnc2O[C@H]1CN(C)S(=O)(=O)c1ccc(F)cc1. The van der Waals surface area contributed by atoms with E-state index in [0.29, 0.717) is 5.56 Å². The highest BCUT2D eigenvalue weighted by atomic mass is 32.2. The third-order valence-corrected chi connectivity index (χ3v) is 8.33. The van der Waals surface area contributed by atoms with Gasteiger partial charge in [-0.3, -0.25) is 9.78 Å². The van der Waals surface area contributed by atoms with Crippen LogP contribution in [-0.4, -0.2) is 77.5 Å². The number of hydrogen-bond acceptors (Lipinski definition) is 7. The van der Waals surface area contributed by atoms with Crippen LogP contribution in [0.2, 0.25) is 0 Å². The van der Waals surface area contributed by atoms with Gasteiger partial charge in [0.1, 0.15) is 17.5 Å². The Hall–Kier alpha value is -3.41. The molecule has 3 atom stereocenters. The number of aliphatic hydroxyl groups is 1. The van der Waals surface area contributed by atoms with Crippen molar-refractivity contribution in [3.05, 3.63) is 72.4 Å². The van der Waals surface area contributed by atoms with E-state index in [1.807, 2.05) is 6.92 Å². The Kier molecular flexibility index (Phi) is 7.86. The number of rotatable bonds is 7. The topological polar surface area (TPSA) is 113 Å². The van der Waals surface area contributed by atoms with Crippen molar-refractivity contribution in [3.63, 3.8) is 0 Å². The quantitative estimate of drug-likeness (QED) is 0.502. The first kappa shape index (κ1) is 26.6. The number of sulfonamides is 1. The molecule has 0 spiro atoms. The van der Waals surface area contributed by atoms with Crippen molar-refractivity contribution in [2.24, 2.45) is 5.92 Å². The molecule has 0 saturated carbocycles. The van der Waals surface area contributed by atoms with Crippen molar-refractivity contribution in [1.82, 2.24) is 19.2 Å². The summed E-state index contributed by atoms with van der Waals surface area (Å²) < 4.78 is 46.9. The van der Waals surface area contributed by atoms with Crippen LogP contribution in [0.3, 0.4) is 0 Å². The molecule has 37 heavy (non-hydrogen) atoms. The van der Waals surface area contributed by atoms with Crippen LogP contribution in [0.5, 0.6) is 5.88 Å². The van der Waals surface area contributed by atoms with Crippen molar-refractivity contribution < 1.29 is 27.4 Å². The first-order valence-electron chi connectivity index (χ1n) is 11.8. The van der Waals surface area contributed by atoms with Crippen LogP contribution < -0.4 is 4.74 Å². The lowest BCUT2D eigenvalue weighted by Crippen LogP contribution is -2.50. The third kappa shape index (κ3) is 5.63. The fourth-order valence-electron chi connectivity index (χ4n) is 4.16. The van der Waals surface area contributed by atoms with Gasteiger partial charge >= 0.3 is 0 Å². The van der Waals surface area contributed by atoms with Gasteiger partial charge in [-0.1, -0.05) is 6.92 Å². The number of aromatic nitrogens is 2. The molecule has 1 aliphatic rings. The van der Waals surface area contributed by atoms with Crippen LogP contribution in [0.4, 0.5) is 4.39 Å². The van der Waals surface area contributed by atoms with E-state index >= 15 is 0 Å². The normalized spacial score (nSPS) is 19.1. The lowest BCUT2D eigenvalue weighted by Gasteiger charge is -2.37. The number of aliphatic hydroxyl groups excluding tert-OH is 1. The minimum absolute atomic E-state index is 0.0381. The number of carbonyl (C=O) groups excluding carboxylic acids is 1. The summed E-state index contributed by atoms with van der Waals surface area (Å²) in [6.07, 6.45) is 4.20. The van der Waals surface area contributed by atoms with Gasteiger partial charge in [-0.15, -0.1) is 0 Å². The Morgan fingerprint density at radius 1 is 1.19 bits per heavy atom. The zero-order valence-electron chi connectivity index (χ0n) is 20.8. The zero-order chi connectivity index (χ0) is 26.7. The lowest BCUT2D eigenvalue weighted by molar-refractivity contribution is 0.0373. The third-order valence-electron chi connectivity index (χ3n) is 6.49. The summed E-state index contributed by atoms with van der Waals surface area (Å²) in [5.41, 5.74) is 1.73. The second kappa shape index (κ2) is 10.9. The fourth-order valence-corrected chi connectivity index (χ4v) is 5.34. The Bertz CT molecular complexity index is 1360. The number of pyridine rings is 2. The first-order valence-corrected chi connectivity index (χ1v) is 13.3. The molecule has 0 radical (unpaired) electrons. The summed E-state index contributed by atoms with van der Waals surface area (Å²) in [6, 6.07) is 9.41. The molecule has 3 aromatic rings. The molecule has 0 aliphatic carbocycles. The van der Waals surface area contributed by atoms with Gasteiger partial charge in [-0.2, -0.15) is 4.31 Å². The average Bonchev–Trinajstić information content (AvgIpc) is 2.90. The molecule has 1 amide bonds. The summed E-state index contributed by atoms with van der Waals surface area (Å²) >= 11 is 0. The summed E-state index contributed by atoms with van der Waals surface area (Å²) in [5.74, 6) is -1.09. The predicted molar refractivity (Wildman–Crippen MR) is 135 cm³/mol. The molecule has 4 rings (SSSR count). The number of carbonyl (C=O) groups is 1. The van der Waals surface area contributed by atoms with Crippen LogP contribution in [-0.2, 0) is 10.0 Å². The molecule has 0 bridgehead atoms. The van der Waals surface area contributed by atoms with Crippen LogP contribution in [0, 0.1) is 11.7 Å². The Balaban J connectivity index is 1.70. The monoisotopic (exact) mass is 528 g/mol. The average molecular weight is 529 g/mol. The van der Waals surface area contributed by atoms with Crippen LogP contribution in [0.1, 0.15) is 24.2 Å². The number of hydrogen-bond donors (Lipinski definition) is 1. The molecular weight excluding hydrogens is 499 g/mol. The number of halogens is 1. The summed E-state index contributed by atoms with van der Waals surface area (Å²) in [7, 11) is -2.50. The Morgan fingerprint density at radius 2 is 1.86 bits per heavy atom. The molecule has 1 aromatic carbocycles. The molecule has 2 aromatic heterocycles. The van der Waals surface area contributed by atoms with Gasteiger partial charge in [-0.05, 0) is 55.0 Å². The zero-order valence-corrected chi connectivity index (χ0v) is 21.6. The van der Waals surface area contributed by atoms with Crippen LogP contribution in [0.25, 0.3) is 11.1 Å². The molecule has 0 unspecified atom stereocenters. The molecule has 1 N–H and O–H groups in total. The highest BCUT2D eigenvalue weighted by Crippen LogP contribution is 2.30. The van der Waals surface area contributed by atoms with Crippen LogP contribution >= 0.6 is 0 Å².